The lowest BCUT2D eigenvalue weighted by Crippen LogP contribution is -2.17. The van der Waals surface area contributed by atoms with Gasteiger partial charge in [0.15, 0.2) is 0 Å². The van der Waals surface area contributed by atoms with Crippen molar-refractivity contribution < 1.29 is 0 Å². The smallest absolute Gasteiger partial charge is 0.0453 e. The van der Waals surface area contributed by atoms with Crippen LogP contribution in [0.25, 0.3) is 0 Å². The van der Waals surface area contributed by atoms with E-state index in [1.54, 1.807) is 10.4 Å². The van der Waals surface area contributed by atoms with Gasteiger partial charge in [0, 0.05) is 25.8 Å². The van der Waals surface area contributed by atoms with Gasteiger partial charge in [0.05, 0.1) is 0 Å². The van der Waals surface area contributed by atoms with Crippen molar-refractivity contribution in [3.05, 3.63) is 55.2 Å². The van der Waals surface area contributed by atoms with E-state index in [-0.39, 0.29) is 0 Å². The van der Waals surface area contributed by atoms with Crippen LogP contribution in [0.4, 0.5) is 0 Å². The summed E-state index contributed by atoms with van der Waals surface area (Å²) in [6.07, 6.45) is 6.01. The SMILES string of the molecule is CNC(Cc1cc(Cl)ccc1Cl)c1cc2c(s1)CCCC2. The Hall–Kier alpha value is -0.540. The minimum absolute atomic E-state index is 0.302. The van der Waals surface area contributed by atoms with Crippen molar-refractivity contribution in [1.82, 2.24) is 5.32 Å². The van der Waals surface area contributed by atoms with E-state index in [0.29, 0.717) is 6.04 Å². The quantitative estimate of drug-likeness (QED) is 0.782. The molecule has 1 N–H and O–H groups in total. The molecule has 0 radical (unpaired) electrons. The Morgan fingerprint density at radius 1 is 1.19 bits per heavy atom. The normalized spacial score (nSPS) is 15.8. The Labute approximate surface area is 140 Å². The van der Waals surface area contributed by atoms with Crippen LogP contribution in [0.2, 0.25) is 10.0 Å². The predicted molar refractivity (Wildman–Crippen MR) is 92.9 cm³/mol. The third-order valence-electron chi connectivity index (χ3n) is 4.14. The number of benzene rings is 1. The number of rotatable bonds is 4. The fourth-order valence-electron chi connectivity index (χ4n) is 2.95. The second-order valence-corrected chi connectivity index (χ2v) is 7.60. The highest BCUT2D eigenvalue weighted by atomic mass is 35.5. The number of hydrogen-bond donors (Lipinski definition) is 1. The van der Waals surface area contributed by atoms with E-state index in [9.17, 15) is 0 Å². The van der Waals surface area contributed by atoms with Gasteiger partial charge in [-0.25, -0.2) is 0 Å². The molecule has 1 heterocycles. The van der Waals surface area contributed by atoms with Gasteiger partial charge in [-0.3, -0.25) is 0 Å². The first-order chi connectivity index (χ1) is 10.2. The van der Waals surface area contributed by atoms with E-state index in [0.717, 1.165) is 22.0 Å². The highest BCUT2D eigenvalue weighted by molar-refractivity contribution is 7.12. The van der Waals surface area contributed by atoms with E-state index in [1.807, 2.05) is 36.6 Å². The van der Waals surface area contributed by atoms with Gasteiger partial charge in [-0.2, -0.15) is 0 Å². The zero-order chi connectivity index (χ0) is 14.8. The first-order valence-electron chi connectivity index (χ1n) is 7.40. The predicted octanol–water partition coefficient (Wildman–Crippen LogP) is 5.44. The standard InChI is InChI=1S/C17H19Cl2NS/c1-20-15(9-12-8-13(18)6-7-14(12)19)17-10-11-4-2-3-5-16(11)21-17/h6-8,10,15,20H,2-5,9H2,1H3. The molecule has 0 bridgehead atoms. The van der Waals surface area contributed by atoms with Crippen molar-refractivity contribution in [2.75, 3.05) is 7.05 Å². The maximum Gasteiger partial charge on any atom is 0.0453 e. The molecule has 1 nitrogen and oxygen atoms in total. The molecule has 112 valence electrons. The number of thiophene rings is 1. The van der Waals surface area contributed by atoms with Crippen molar-refractivity contribution >= 4 is 34.5 Å². The van der Waals surface area contributed by atoms with Gasteiger partial charge in [0.25, 0.3) is 0 Å². The Kier molecular flexibility index (Phi) is 4.90. The summed E-state index contributed by atoms with van der Waals surface area (Å²) in [7, 11) is 2.02. The van der Waals surface area contributed by atoms with E-state index in [1.165, 1.54) is 30.6 Å². The molecule has 1 aliphatic rings. The lowest BCUT2D eigenvalue weighted by molar-refractivity contribution is 0.601. The Morgan fingerprint density at radius 3 is 2.76 bits per heavy atom. The molecule has 0 saturated carbocycles. The molecule has 1 unspecified atom stereocenters. The van der Waals surface area contributed by atoms with Crippen molar-refractivity contribution in [2.45, 2.75) is 38.1 Å². The fraction of sp³-hybridized carbons (Fsp3) is 0.412. The highest BCUT2D eigenvalue weighted by Gasteiger charge is 2.19. The number of likely N-dealkylation sites (N-methyl/N-ethyl adjacent to an activating group) is 1. The molecule has 1 atom stereocenters. The lowest BCUT2D eigenvalue weighted by Gasteiger charge is -2.15. The zero-order valence-electron chi connectivity index (χ0n) is 12.1. The summed E-state index contributed by atoms with van der Waals surface area (Å²) in [6, 6.07) is 8.38. The summed E-state index contributed by atoms with van der Waals surface area (Å²) < 4.78 is 0. The van der Waals surface area contributed by atoms with E-state index in [2.05, 4.69) is 11.4 Å². The van der Waals surface area contributed by atoms with Crippen LogP contribution in [0.3, 0.4) is 0 Å². The molecule has 4 heteroatoms. The molecule has 2 aromatic rings. The molecule has 1 aromatic carbocycles. The van der Waals surface area contributed by atoms with Crippen LogP contribution in [0.1, 0.15) is 39.8 Å². The minimum atomic E-state index is 0.302. The van der Waals surface area contributed by atoms with Crippen molar-refractivity contribution in [3.8, 4) is 0 Å². The van der Waals surface area contributed by atoms with Crippen LogP contribution >= 0.6 is 34.5 Å². The second-order valence-electron chi connectivity index (χ2n) is 5.59. The average Bonchev–Trinajstić information content (AvgIpc) is 2.91. The van der Waals surface area contributed by atoms with Gasteiger partial charge >= 0.3 is 0 Å². The molecule has 21 heavy (non-hydrogen) atoms. The van der Waals surface area contributed by atoms with Gasteiger partial charge in [0.2, 0.25) is 0 Å². The van der Waals surface area contributed by atoms with Crippen molar-refractivity contribution in [3.63, 3.8) is 0 Å². The first kappa shape index (κ1) is 15.4. The minimum Gasteiger partial charge on any atom is -0.312 e. The lowest BCUT2D eigenvalue weighted by atomic mass is 9.98. The summed E-state index contributed by atoms with van der Waals surface area (Å²) >= 11 is 14.4. The average molecular weight is 340 g/mol. The number of fused-ring (bicyclic) bond motifs is 1. The maximum absolute atomic E-state index is 6.30. The molecule has 0 amide bonds. The fourth-order valence-corrected chi connectivity index (χ4v) is 4.71. The first-order valence-corrected chi connectivity index (χ1v) is 8.97. The Balaban J connectivity index is 1.84. The van der Waals surface area contributed by atoms with Crippen LogP contribution in [0.5, 0.6) is 0 Å². The molecular weight excluding hydrogens is 321 g/mol. The summed E-state index contributed by atoms with van der Waals surface area (Å²) in [5.74, 6) is 0. The molecular formula is C17H19Cl2NS. The van der Waals surface area contributed by atoms with Crippen LogP contribution in [0.15, 0.2) is 24.3 Å². The van der Waals surface area contributed by atoms with Gasteiger partial charge < -0.3 is 5.32 Å². The molecule has 1 aromatic heterocycles. The van der Waals surface area contributed by atoms with Gasteiger partial charge in [-0.15, -0.1) is 11.3 Å². The highest BCUT2D eigenvalue weighted by Crippen LogP contribution is 2.35. The van der Waals surface area contributed by atoms with E-state index < -0.39 is 0 Å². The summed E-state index contributed by atoms with van der Waals surface area (Å²) in [4.78, 5) is 2.99. The number of nitrogens with one attached hydrogen (secondary N) is 1. The molecule has 0 saturated heterocycles. The van der Waals surface area contributed by atoms with Crippen molar-refractivity contribution in [1.29, 1.82) is 0 Å². The third kappa shape index (κ3) is 3.45. The molecule has 0 fully saturated rings. The molecule has 0 spiro atoms. The molecule has 0 aliphatic heterocycles. The largest absolute Gasteiger partial charge is 0.312 e. The summed E-state index contributed by atoms with van der Waals surface area (Å²) in [5.41, 5.74) is 2.66. The number of halogens is 2. The second kappa shape index (κ2) is 6.70. The van der Waals surface area contributed by atoms with E-state index in [4.69, 9.17) is 23.2 Å². The van der Waals surface area contributed by atoms with Gasteiger partial charge in [0.1, 0.15) is 0 Å². The van der Waals surface area contributed by atoms with Crippen molar-refractivity contribution in [2.24, 2.45) is 0 Å². The third-order valence-corrected chi connectivity index (χ3v) is 6.09. The molecule has 3 rings (SSSR count). The van der Waals surface area contributed by atoms with Crippen LogP contribution in [0, 0.1) is 0 Å². The Morgan fingerprint density at radius 2 is 2.00 bits per heavy atom. The zero-order valence-corrected chi connectivity index (χ0v) is 14.4. The van der Waals surface area contributed by atoms with Crippen LogP contribution in [-0.4, -0.2) is 7.05 Å². The van der Waals surface area contributed by atoms with Gasteiger partial charge in [-0.1, -0.05) is 23.2 Å². The summed E-state index contributed by atoms with van der Waals surface area (Å²) in [6.45, 7) is 0. The monoisotopic (exact) mass is 339 g/mol. The Bertz CT molecular complexity index is 612. The molecule has 1 aliphatic carbocycles. The maximum atomic E-state index is 6.30. The topological polar surface area (TPSA) is 12.0 Å². The van der Waals surface area contributed by atoms with Crippen LogP contribution < -0.4 is 5.32 Å². The summed E-state index contributed by atoms with van der Waals surface area (Å²) in [5, 5.41) is 4.97. The van der Waals surface area contributed by atoms with E-state index >= 15 is 0 Å². The van der Waals surface area contributed by atoms with Gasteiger partial charge in [-0.05, 0) is 74.5 Å². The number of aryl methyl sites for hydroxylation is 2. The number of hydrogen-bond acceptors (Lipinski definition) is 2. The van der Waals surface area contributed by atoms with Crippen LogP contribution in [-0.2, 0) is 19.3 Å².